The Balaban J connectivity index is 0.000000174. The van der Waals surface area contributed by atoms with Crippen LogP contribution in [0.25, 0.3) is 57.4 Å². The lowest BCUT2D eigenvalue weighted by Gasteiger charge is -2.06. The molecule has 26 heteroatoms. The van der Waals surface area contributed by atoms with Crippen LogP contribution >= 0.6 is 0 Å². The van der Waals surface area contributed by atoms with Crippen molar-refractivity contribution in [3.05, 3.63) is 176 Å². The fraction of sp³-hybridized carbons (Fsp3) is 0.0909. The molecule has 8 aromatic heterocycles. The Morgan fingerprint density at radius 2 is 1.04 bits per heavy atom. The van der Waals surface area contributed by atoms with Crippen molar-refractivity contribution >= 4 is 11.9 Å². The average molecular weight is 958 g/mol. The van der Waals surface area contributed by atoms with Crippen molar-refractivity contribution in [2.45, 2.75) is 25.9 Å². The van der Waals surface area contributed by atoms with Crippen molar-refractivity contribution in [1.29, 1.82) is 0 Å². The van der Waals surface area contributed by atoms with Gasteiger partial charge in [-0.2, -0.15) is 19.6 Å². The highest BCUT2D eigenvalue weighted by Crippen LogP contribution is 2.27. The Labute approximate surface area is 387 Å². The summed E-state index contributed by atoms with van der Waals surface area (Å²) >= 11 is 0. The van der Waals surface area contributed by atoms with Crippen molar-refractivity contribution in [3.8, 4) is 57.4 Å². The molecule has 2 aromatic carbocycles. The molecule has 0 radical (unpaired) electrons. The van der Waals surface area contributed by atoms with Gasteiger partial charge < -0.3 is 19.9 Å². The maximum absolute atomic E-state index is 14.6. The van der Waals surface area contributed by atoms with E-state index in [1.54, 1.807) is 60.7 Å². The first-order chi connectivity index (χ1) is 33.8. The molecule has 1 amide bonds. The number of H-pyrrole nitrogens is 2. The van der Waals surface area contributed by atoms with Crippen LogP contribution in [-0.2, 0) is 35.5 Å². The summed E-state index contributed by atoms with van der Waals surface area (Å²) in [4.78, 5) is 63.5. The number of aromatic nitrogens is 14. The van der Waals surface area contributed by atoms with E-state index in [1.165, 1.54) is 46.4 Å². The molecule has 8 heterocycles. The molecule has 5 N–H and O–H groups in total. The molecule has 10 rings (SSSR count). The van der Waals surface area contributed by atoms with E-state index in [2.05, 4.69) is 50.6 Å². The minimum absolute atomic E-state index is 0.00335. The number of halogens is 4. The number of rotatable bonds is 14. The molecule has 0 unspecified atom stereocenters. The van der Waals surface area contributed by atoms with Crippen molar-refractivity contribution < 1.29 is 41.3 Å². The quantitative estimate of drug-likeness (QED) is 0.111. The third-order valence-corrected chi connectivity index (χ3v) is 10.2. The van der Waals surface area contributed by atoms with Gasteiger partial charge in [-0.15, -0.1) is 0 Å². The molecule has 0 atom stereocenters. The molecule has 0 aliphatic carbocycles. The molecule has 0 saturated carbocycles. The van der Waals surface area contributed by atoms with Crippen LogP contribution in [0.3, 0.4) is 0 Å². The minimum Gasteiger partial charge on any atom is -0.481 e. The fourth-order valence-electron chi connectivity index (χ4n) is 6.98. The van der Waals surface area contributed by atoms with Gasteiger partial charge >= 0.3 is 5.97 Å². The first-order valence-electron chi connectivity index (χ1n) is 20.4. The number of aromatic amines is 2. The lowest BCUT2D eigenvalue weighted by molar-refractivity contribution is -0.136. The monoisotopic (exact) mass is 957 g/mol. The van der Waals surface area contributed by atoms with E-state index < -0.39 is 58.5 Å². The Morgan fingerprint density at radius 3 is 1.44 bits per heavy atom. The number of nitrogens with two attached hydrogens (primary N) is 1. The van der Waals surface area contributed by atoms with Crippen LogP contribution < -0.4 is 16.9 Å². The Morgan fingerprint density at radius 1 is 0.600 bits per heavy atom. The van der Waals surface area contributed by atoms with E-state index in [4.69, 9.17) is 19.9 Å². The Kier molecular flexibility index (Phi) is 12.4. The van der Waals surface area contributed by atoms with Crippen LogP contribution in [0.1, 0.15) is 22.3 Å². The molecule has 22 nitrogen and oxygen atoms in total. The Bertz CT molecular complexity index is 3410. The van der Waals surface area contributed by atoms with Crippen LogP contribution in [0.2, 0.25) is 0 Å². The van der Waals surface area contributed by atoms with Gasteiger partial charge in [0.1, 0.15) is 46.9 Å². The predicted molar refractivity (Wildman–Crippen MR) is 233 cm³/mol. The molecule has 0 bridgehead atoms. The molecular weight excluding hydrogens is 927 g/mol. The lowest BCUT2D eigenvalue weighted by atomic mass is 10.2. The van der Waals surface area contributed by atoms with Gasteiger partial charge in [-0.25, -0.2) is 37.5 Å². The van der Waals surface area contributed by atoms with E-state index >= 15 is 0 Å². The first kappa shape index (κ1) is 45.3. The van der Waals surface area contributed by atoms with Crippen LogP contribution in [0.5, 0.6) is 0 Å². The van der Waals surface area contributed by atoms with Crippen LogP contribution in [-0.4, -0.2) is 86.4 Å². The molecule has 0 aliphatic heterocycles. The van der Waals surface area contributed by atoms with E-state index in [9.17, 15) is 36.7 Å². The van der Waals surface area contributed by atoms with Gasteiger partial charge in [-0.05, 0) is 24.3 Å². The number of carboxylic acid groups (broad SMARTS) is 1. The summed E-state index contributed by atoms with van der Waals surface area (Å²) in [5.74, 6) is -5.36. The average Bonchev–Trinajstić information content (AvgIpc) is 4.22. The number of aliphatic carboxylic acids is 1. The lowest BCUT2D eigenvalue weighted by Crippen LogP contribution is -2.23. The van der Waals surface area contributed by atoms with Gasteiger partial charge in [-0.1, -0.05) is 46.7 Å². The zero-order valence-electron chi connectivity index (χ0n) is 35.6. The third-order valence-electron chi connectivity index (χ3n) is 10.2. The molecule has 0 saturated heterocycles. The highest BCUT2D eigenvalue weighted by atomic mass is 19.1. The molecular formula is C44H31F4N15O7. The van der Waals surface area contributed by atoms with Gasteiger partial charge in [-0.3, -0.25) is 38.7 Å². The summed E-state index contributed by atoms with van der Waals surface area (Å²) in [5, 5.41) is 30.8. The molecule has 0 aliphatic rings. The number of amides is 1. The maximum atomic E-state index is 14.6. The van der Waals surface area contributed by atoms with Crippen molar-refractivity contribution in [1.82, 2.24) is 69.4 Å². The summed E-state index contributed by atoms with van der Waals surface area (Å²) in [7, 11) is 0. The summed E-state index contributed by atoms with van der Waals surface area (Å²) in [5.41, 5.74) is 6.66. The zero-order chi connectivity index (χ0) is 49.1. The second kappa shape index (κ2) is 19.1. The van der Waals surface area contributed by atoms with E-state index in [-0.39, 0.29) is 59.5 Å². The number of carbonyl (C=O) groups excluding carboxylic acids is 1. The first-order valence-corrected chi connectivity index (χ1v) is 20.4. The molecule has 352 valence electrons. The highest BCUT2D eigenvalue weighted by Gasteiger charge is 2.23. The smallest absolute Gasteiger partial charge is 0.308 e. The highest BCUT2D eigenvalue weighted by molar-refractivity contribution is 5.76. The second-order valence-corrected chi connectivity index (χ2v) is 14.9. The molecule has 0 fully saturated rings. The number of hydrogen-bond donors (Lipinski definition) is 4. The van der Waals surface area contributed by atoms with E-state index in [0.29, 0.717) is 33.9 Å². The summed E-state index contributed by atoms with van der Waals surface area (Å²) in [6.45, 7) is 0.118. The fourth-order valence-corrected chi connectivity index (χ4v) is 6.98. The predicted octanol–water partition coefficient (Wildman–Crippen LogP) is 4.26. The molecule has 0 spiro atoms. The van der Waals surface area contributed by atoms with Gasteiger partial charge in [0, 0.05) is 46.8 Å². The normalized spacial score (nSPS) is 11.1. The van der Waals surface area contributed by atoms with Gasteiger partial charge in [0.2, 0.25) is 5.91 Å². The number of nitrogens with one attached hydrogen (secondary N) is 2. The van der Waals surface area contributed by atoms with Crippen molar-refractivity contribution in [2.24, 2.45) is 5.73 Å². The van der Waals surface area contributed by atoms with Crippen LogP contribution in [0, 0.1) is 23.3 Å². The van der Waals surface area contributed by atoms with E-state index in [1.807, 2.05) is 0 Å². The number of hydrogen-bond acceptors (Lipinski definition) is 14. The van der Waals surface area contributed by atoms with Gasteiger partial charge in [0.25, 0.3) is 11.1 Å². The van der Waals surface area contributed by atoms with E-state index in [0.717, 1.165) is 21.8 Å². The number of nitrogens with zero attached hydrogens (tertiary/aromatic N) is 12. The number of primary amides is 1. The van der Waals surface area contributed by atoms with Crippen molar-refractivity contribution in [2.75, 3.05) is 0 Å². The number of carboxylic acids is 1. The molecule has 10 aromatic rings. The maximum Gasteiger partial charge on any atom is 0.308 e. The second-order valence-electron chi connectivity index (χ2n) is 14.9. The molecule has 70 heavy (non-hydrogen) atoms. The summed E-state index contributed by atoms with van der Waals surface area (Å²) in [6.07, 6.45) is 6.08. The Hall–Kier alpha value is -9.88. The third kappa shape index (κ3) is 9.39. The standard InChI is InChI=1S/C22H16F2N8O3.C22H15F2N7O4/c23-14-4-2-1-3-12(14)11-31-18(16-5-6-35-30-16)8-17(29-31)20-26-10-15(24)21(28-20)32-22(34)13(9-27-32)7-19(25)33;23-14-4-2-1-3-12(14)11-30-18(16-5-6-35-29-16)8-17(28-30)20-25-10-15(24)21(27-20)31-22(34)13(9-26-31)7-19(32)33/h1-6,8-10,27H,7,11H2,(H2,25,33);1-6,8-10,26H,7,11H2,(H,32,33). The number of carbonyl (C=O) groups is 2. The van der Waals surface area contributed by atoms with Gasteiger partial charge in [0.15, 0.2) is 34.9 Å². The topological polar surface area (TPSA) is 295 Å². The largest absolute Gasteiger partial charge is 0.481 e. The van der Waals surface area contributed by atoms with Crippen LogP contribution in [0.15, 0.2) is 129 Å². The number of benzene rings is 2. The minimum atomic E-state index is -1.21. The summed E-state index contributed by atoms with van der Waals surface area (Å²) < 4.78 is 72.1. The van der Waals surface area contributed by atoms with Crippen LogP contribution in [0.4, 0.5) is 17.6 Å². The summed E-state index contributed by atoms with van der Waals surface area (Å²) in [6, 6.07) is 18.8. The SMILES string of the molecule is NC(=O)Cc1c[nH]n(-c2nc(-c3cc(-c4ccon4)n(Cc4ccccc4F)n3)ncc2F)c1=O.O=C(O)Cc1c[nH]n(-c2nc(-c3cc(-c4ccon4)n(Cc4ccccc4F)n3)ncc2F)c1=O. The van der Waals surface area contributed by atoms with Crippen molar-refractivity contribution in [3.63, 3.8) is 0 Å². The van der Waals surface area contributed by atoms with Gasteiger partial charge in [0.05, 0.1) is 49.7 Å². The zero-order valence-corrected chi connectivity index (χ0v) is 35.6.